The quantitative estimate of drug-likeness (QED) is 0.441. The van der Waals surface area contributed by atoms with Crippen molar-refractivity contribution >= 4 is 11.9 Å². The monoisotopic (exact) mass is 346 g/mol. The summed E-state index contributed by atoms with van der Waals surface area (Å²) >= 11 is 0. The average Bonchev–Trinajstić information content (AvgIpc) is 2.67. The van der Waals surface area contributed by atoms with Crippen molar-refractivity contribution in [3.63, 3.8) is 0 Å². The Bertz CT molecular complexity index is 413. The van der Waals surface area contributed by atoms with Gasteiger partial charge in [-0.3, -0.25) is 0 Å². The molecule has 0 saturated heterocycles. The highest BCUT2D eigenvalue weighted by atomic mass is 16.1. The Balaban J connectivity index is 1.68. The van der Waals surface area contributed by atoms with E-state index in [0.717, 1.165) is 32.4 Å². The number of hydrogen-bond donors (Lipinski definition) is 0. The zero-order valence-corrected chi connectivity index (χ0v) is 15.6. The van der Waals surface area contributed by atoms with Crippen molar-refractivity contribution in [3.8, 4) is 0 Å². The van der Waals surface area contributed by atoms with Crippen LogP contribution in [0.25, 0.3) is 0 Å². The zero-order valence-electron chi connectivity index (χ0n) is 15.6. The molecular formula is C21H34N2O2. The van der Waals surface area contributed by atoms with Crippen LogP contribution in [0.15, 0.2) is 12.4 Å². The lowest BCUT2D eigenvalue weighted by Gasteiger charge is -2.33. The van der Waals surface area contributed by atoms with Gasteiger partial charge in [-0.15, -0.1) is 0 Å². The van der Waals surface area contributed by atoms with Gasteiger partial charge in [-0.1, -0.05) is 38.5 Å². The summed E-state index contributed by atoms with van der Waals surface area (Å²) in [5.74, 6) is 3.96. The van der Waals surface area contributed by atoms with Crippen LogP contribution >= 0.6 is 0 Å². The number of rotatable bonds is 10. The highest BCUT2D eigenvalue weighted by Crippen LogP contribution is 2.24. The second-order valence-electron chi connectivity index (χ2n) is 7.61. The molecule has 0 atom stereocenters. The molecule has 2 saturated carbocycles. The second-order valence-corrected chi connectivity index (χ2v) is 7.61. The average molecular weight is 347 g/mol. The second kappa shape index (κ2) is 12.0. The first-order chi connectivity index (χ1) is 12.3. The zero-order chi connectivity index (χ0) is 17.7. The summed E-state index contributed by atoms with van der Waals surface area (Å²) in [4.78, 5) is 26.1. The van der Waals surface area contributed by atoms with Crippen molar-refractivity contribution in [2.45, 2.75) is 95.6 Å². The third-order valence-corrected chi connectivity index (χ3v) is 5.86. The van der Waals surface area contributed by atoms with Gasteiger partial charge in [0.25, 0.3) is 0 Å². The van der Waals surface area contributed by atoms with E-state index >= 15 is 0 Å². The van der Waals surface area contributed by atoms with Gasteiger partial charge in [-0.25, -0.2) is 9.59 Å². The lowest BCUT2D eigenvalue weighted by molar-refractivity contribution is 0.204. The first-order valence-electron chi connectivity index (χ1n) is 10.3. The van der Waals surface area contributed by atoms with Gasteiger partial charge < -0.3 is 9.80 Å². The van der Waals surface area contributed by atoms with E-state index < -0.39 is 0 Å². The van der Waals surface area contributed by atoms with Crippen LogP contribution in [-0.2, 0) is 9.59 Å². The van der Waals surface area contributed by atoms with Gasteiger partial charge >= 0.3 is 0 Å². The maximum absolute atomic E-state index is 10.8. The standard InChI is InChI=1S/C21H34N2O2/c24-18-16-22(20-10-4-1-5-11-20)14-8-3-9-15-23(17-19-25)21-12-6-2-7-13-21/h16-17,20-21H,1-15H2. The summed E-state index contributed by atoms with van der Waals surface area (Å²) in [5.41, 5.74) is 0. The van der Waals surface area contributed by atoms with E-state index in [0.29, 0.717) is 12.1 Å². The molecule has 0 spiro atoms. The van der Waals surface area contributed by atoms with Crippen molar-refractivity contribution < 1.29 is 9.59 Å². The molecule has 0 bridgehead atoms. The summed E-state index contributed by atoms with van der Waals surface area (Å²) in [6.07, 6.45) is 19.2. The third kappa shape index (κ3) is 7.10. The van der Waals surface area contributed by atoms with Crippen molar-refractivity contribution in [1.82, 2.24) is 9.80 Å². The molecule has 0 aromatic heterocycles. The van der Waals surface area contributed by atoms with Gasteiger partial charge in [0.2, 0.25) is 0 Å². The molecule has 2 rings (SSSR count). The predicted octanol–water partition coefficient (Wildman–Crippen LogP) is 4.12. The molecule has 0 aliphatic heterocycles. The predicted molar refractivity (Wildman–Crippen MR) is 102 cm³/mol. The number of unbranched alkanes of at least 4 members (excludes halogenated alkanes) is 2. The SMILES string of the molecule is O=C=CN(CCCCCN(C=C=O)C1CCCCC1)C1CCCCC1. The van der Waals surface area contributed by atoms with Crippen molar-refractivity contribution in [3.05, 3.63) is 12.4 Å². The first kappa shape index (κ1) is 19.8. The summed E-state index contributed by atoms with van der Waals surface area (Å²) in [5, 5.41) is 0. The van der Waals surface area contributed by atoms with E-state index in [1.165, 1.54) is 64.2 Å². The molecule has 0 unspecified atom stereocenters. The minimum atomic E-state index is 0.534. The number of carbonyl (C=O) groups excluding carboxylic acids is 2. The van der Waals surface area contributed by atoms with Gasteiger partial charge in [0.05, 0.1) is 12.4 Å². The van der Waals surface area contributed by atoms with Gasteiger partial charge in [0.1, 0.15) is 11.9 Å². The molecule has 2 aliphatic carbocycles. The summed E-state index contributed by atoms with van der Waals surface area (Å²) in [7, 11) is 0. The molecule has 0 aromatic carbocycles. The van der Waals surface area contributed by atoms with Crippen molar-refractivity contribution in [2.24, 2.45) is 0 Å². The Hall–Kier alpha value is -1.50. The van der Waals surface area contributed by atoms with Crippen LogP contribution in [0.4, 0.5) is 0 Å². The van der Waals surface area contributed by atoms with Gasteiger partial charge in [0, 0.05) is 25.2 Å². The van der Waals surface area contributed by atoms with E-state index in [9.17, 15) is 9.59 Å². The van der Waals surface area contributed by atoms with E-state index in [2.05, 4.69) is 9.80 Å². The Morgan fingerprint density at radius 2 is 1.04 bits per heavy atom. The fourth-order valence-electron chi connectivity index (χ4n) is 4.43. The van der Waals surface area contributed by atoms with E-state index in [4.69, 9.17) is 0 Å². The van der Waals surface area contributed by atoms with Crippen LogP contribution in [0.1, 0.15) is 83.5 Å². The molecule has 4 nitrogen and oxygen atoms in total. The molecule has 140 valence electrons. The maximum atomic E-state index is 10.8. The smallest absolute Gasteiger partial charge is 0.142 e. The lowest BCUT2D eigenvalue weighted by Crippen LogP contribution is -2.34. The first-order valence-corrected chi connectivity index (χ1v) is 10.3. The van der Waals surface area contributed by atoms with E-state index in [1.807, 2.05) is 11.9 Å². The van der Waals surface area contributed by atoms with Crippen LogP contribution in [0, 0.1) is 0 Å². The molecule has 0 N–H and O–H groups in total. The number of hydrogen-bond acceptors (Lipinski definition) is 4. The van der Waals surface area contributed by atoms with Gasteiger partial charge in [0.15, 0.2) is 0 Å². The summed E-state index contributed by atoms with van der Waals surface area (Å²) in [6.45, 7) is 1.90. The van der Waals surface area contributed by atoms with Gasteiger partial charge in [-0.2, -0.15) is 0 Å². The Labute approximate surface area is 152 Å². The summed E-state index contributed by atoms with van der Waals surface area (Å²) < 4.78 is 0. The lowest BCUT2D eigenvalue weighted by atomic mass is 9.94. The molecule has 25 heavy (non-hydrogen) atoms. The molecule has 2 aliphatic rings. The topological polar surface area (TPSA) is 40.6 Å². The fraction of sp³-hybridized carbons (Fsp3) is 0.810. The molecule has 0 heterocycles. The van der Waals surface area contributed by atoms with Crippen LogP contribution < -0.4 is 0 Å². The molecule has 4 heteroatoms. The van der Waals surface area contributed by atoms with E-state index in [1.54, 1.807) is 12.4 Å². The molecule has 0 radical (unpaired) electrons. The summed E-state index contributed by atoms with van der Waals surface area (Å²) in [6, 6.07) is 1.07. The van der Waals surface area contributed by atoms with Crippen molar-refractivity contribution in [2.75, 3.05) is 13.1 Å². The molecule has 2 fully saturated rings. The van der Waals surface area contributed by atoms with Crippen LogP contribution in [0.3, 0.4) is 0 Å². The van der Waals surface area contributed by atoms with Crippen LogP contribution in [0.2, 0.25) is 0 Å². The van der Waals surface area contributed by atoms with E-state index in [-0.39, 0.29) is 0 Å². The Morgan fingerprint density at radius 1 is 0.640 bits per heavy atom. The Kier molecular flexibility index (Phi) is 9.47. The maximum Gasteiger partial charge on any atom is 0.142 e. The van der Waals surface area contributed by atoms with Crippen LogP contribution in [0.5, 0.6) is 0 Å². The van der Waals surface area contributed by atoms with Crippen molar-refractivity contribution in [1.29, 1.82) is 0 Å². The fourth-order valence-corrected chi connectivity index (χ4v) is 4.43. The Morgan fingerprint density at radius 3 is 1.40 bits per heavy atom. The normalized spacial score (nSPS) is 18.9. The highest BCUT2D eigenvalue weighted by Gasteiger charge is 2.20. The van der Waals surface area contributed by atoms with Crippen LogP contribution in [-0.4, -0.2) is 46.9 Å². The van der Waals surface area contributed by atoms with Gasteiger partial charge in [-0.05, 0) is 44.9 Å². The molecule has 0 aromatic rings. The number of nitrogens with zero attached hydrogens (tertiary/aromatic N) is 2. The highest BCUT2D eigenvalue weighted by molar-refractivity contribution is 5.44. The molecule has 0 amide bonds. The molecular weight excluding hydrogens is 312 g/mol. The third-order valence-electron chi connectivity index (χ3n) is 5.86. The largest absolute Gasteiger partial charge is 0.366 e. The minimum Gasteiger partial charge on any atom is -0.366 e. The minimum absolute atomic E-state index is 0.534.